The molecule has 1 aromatic heterocycles. The van der Waals surface area contributed by atoms with Gasteiger partial charge in [0.25, 0.3) is 5.91 Å². The second-order valence-electron chi connectivity index (χ2n) is 6.13. The van der Waals surface area contributed by atoms with Gasteiger partial charge in [0.15, 0.2) is 0 Å². The molecule has 25 heavy (non-hydrogen) atoms. The minimum Gasteiger partial charge on any atom is -0.352 e. The topological polar surface area (TPSA) is 88.0 Å². The molecule has 1 atom stereocenters. The molecule has 0 saturated carbocycles. The van der Waals surface area contributed by atoms with Crippen LogP contribution in [0.4, 0.5) is 4.79 Å². The average Bonchev–Trinajstić information content (AvgIpc) is 2.91. The van der Waals surface area contributed by atoms with E-state index in [0.29, 0.717) is 24.2 Å². The fourth-order valence-corrected chi connectivity index (χ4v) is 3.29. The van der Waals surface area contributed by atoms with Gasteiger partial charge in [0.2, 0.25) is 0 Å². The molecular weight excluding hydrogens is 318 g/mol. The van der Waals surface area contributed by atoms with E-state index in [4.69, 9.17) is 0 Å². The molecule has 7 nitrogen and oxygen atoms in total. The standard InChI is InChI=1S/C18H23N5O2/c1-4-23-14-8-6-5-7-13(14)22-15(23)9-10-19-17(24)16-11(2)20-18(25)21-12(16)3/h5-8,11H,4,9-10H2,1-3H3,(H,19,24)(H2,20,21,25)/t11-/m0/s1. The molecule has 7 heteroatoms. The summed E-state index contributed by atoms with van der Waals surface area (Å²) >= 11 is 0. The van der Waals surface area contributed by atoms with E-state index < -0.39 is 0 Å². The van der Waals surface area contributed by atoms with Crippen molar-refractivity contribution in [1.29, 1.82) is 0 Å². The number of rotatable bonds is 5. The molecule has 0 radical (unpaired) electrons. The summed E-state index contributed by atoms with van der Waals surface area (Å²) in [5, 5.41) is 8.27. The number of imidazole rings is 1. The summed E-state index contributed by atoms with van der Waals surface area (Å²) in [5.74, 6) is 0.787. The first-order chi connectivity index (χ1) is 12.0. The van der Waals surface area contributed by atoms with Crippen molar-refractivity contribution in [2.45, 2.75) is 39.8 Å². The van der Waals surface area contributed by atoms with Gasteiger partial charge in [0.1, 0.15) is 5.82 Å². The summed E-state index contributed by atoms with van der Waals surface area (Å²) in [6, 6.07) is 7.44. The lowest BCUT2D eigenvalue weighted by atomic mass is 10.0. The Balaban J connectivity index is 1.68. The first-order valence-corrected chi connectivity index (χ1v) is 8.52. The zero-order valence-corrected chi connectivity index (χ0v) is 14.7. The smallest absolute Gasteiger partial charge is 0.319 e. The minimum absolute atomic E-state index is 0.170. The molecule has 0 spiro atoms. The van der Waals surface area contributed by atoms with Crippen LogP contribution in [-0.4, -0.2) is 34.1 Å². The second-order valence-corrected chi connectivity index (χ2v) is 6.13. The number of urea groups is 1. The van der Waals surface area contributed by atoms with Gasteiger partial charge in [-0.1, -0.05) is 12.1 Å². The van der Waals surface area contributed by atoms with Gasteiger partial charge < -0.3 is 20.5 Å². The highest BCUT2D eigenvalue weighted by Gasteiger charge is 2.26. The predicted octanol–water partition coefficient (Wildman–Crippen LogP) is 1.69. The Morgan fingerprint density at radius 2 is 2.12 bits per heavy atom. The predicted molar refractivity (Wildman–Crippen MR) is 96.0 cm³/mol. The Labute approximate surface area is 146 Å². The van der Waals surface area contributed by atoms with Crippen LogP contribution >= 0.6 is 0 Å². The van der Waals surface area contributed by atoms with Crippen molar-refractivity contribution in [2.24, 2.45) is 0 Å². The Hall–Kier alpha value is -2.83. The number of para-hydroxylation sites is 2. The van der Waals surface area contributed by atoms with Crippen LogP contribution in [0.5, 0.6) is 0 Å². The van der Waals surface area contributed by atoms with E-state index in [9.17, 15) is 9.59 Å². The SMILES string of the molecule is CCn1c(CCNC(=O)C2=C(C)NC(=O)N[C@H]2C)nc2ccccc21. The van der Waals surface area contributed by atoms with Crippen molar-refractivity contribution >= 4 is 23.0 Å². The van der Waals surface area contributed by atoms with Crippen LogP contribution in [-0.2, 0) is 17.8 Å². The molecule has 0 aliphatic carbocycles. The van der Waals surface area contributed by atoms with Crippen LogP contribution in [0.3, 0.4) is 0 Å². The van der Waals surface area contributed by atoms with Crippen molar-refractivity contribution in [3.05, 3.63) is 41.4 Å². The van der Waals surface area contributed by atoms with Crippen LogP contribution in [0.15, 0.2) is 35.5 Å². The molecule has 3 rings (SSSR count). The summed E-state index contributed by atoms with van der Waals surface area (Å²) in [5.41, 5.74) is 3.23. The number of aromatic nitrogens is 2. The normalized spacial score (nSPS) is 17.4. The van der Waals surface area contributed by atoms with Crippen molar-refractivity contribution in [3.63, 3.8) is 0 Å². The van der Waals surface area contributed by atoms with Crippen LogP contribution < -0.4 is 16.0 Å². The Morgan fingerprint density at radius 3 is 2.84 bits per heavy atom. The van der Waals surface area contributed by atoms with Gasteiger partial charge >= 0.3 is 6.03 Å². The number of benzene rings is 1. The maximum atomic E-state index is 12.5. The summed E-state index contributed by atoms with van der Waals surface area (Å²) in [7, 11) is 0. The molecule has 2 heterocycles. The van der Waals surface area contributed by atoms with Gasteiger partial charge in [-0.05, 0) is 32.9 Å². The summed E-state index contributed by atoms with van der Waals surface area (Å²) < 4.78 is 2.16. The molecule has 2 aromatic rings. The number of carbonyl (C=O) groups is 2. The van der Waals surface area contributed by atoms with Gasteiger partial charge in [0, 0.05) is 25.2 Å². The highest BCUT2D eigenvalue weighted by atomic mass is 16.2. The highest BCUT2D eigenvalue weighted by Crippen LogP contribution is 2.16. The molecule has 0 fully saturated rings. The van der Waals surface area contributed by atoms with E-state index in [0.717, 1.165) is 23.4 Å². The summed E-state index contributed by atoms with van der Waals surface area (Å²) in [6.45, 7) is 6.94. The van der Waals surface area contributed by atoms with Gasteiger partial charge in [-0.25, -0.2) is 9.78 Å². The lowest BCUT2D eigenvalue weighted by Gasteiger charge is -2.25. The van der Waals surface area contributed by atoms with Crippen LogP contribution in [0.25, 0.3) is 11.0 Å². The zero-order chi connectivity index (χ0) is 18.0. The number of aryl methyl sites for hydroxylation is 1. The van der Waals surface area contributed by atoms with Crippen molar-refractivity contribution in [1.82, 2.24) is 25.5 Å². The van der Waals surface area contributed by atoms with E-state index in [1.54, 1.807) is 13.8 Å². The van der Waals surface area contributed by atoms with Gasteiger partial charge in [0.05, 0.1) is 22.6 Å². The van der Waals surface area contributed by atoms with Gasteiger partial charge in [-0.3, -0.25) is 4.79 Å². The molecule has 0 saturated heterocycles. The first-order valence-electron chi connectivity index (χ1n) is 8.52. The lowest BCUT2D eigenvalue weighted by molar-refractivity contribution is -0.117. The molecule has 1 aliphatic heterocycles. The number of allylic oxidation sites excluding steroid dienone is 1. The van der Waals surface area contributed by atoms with Gasteiger partial charge in [-0.15, -0.1) is 0 Å². The minimum atomic E-state index is -0.311. The third-order valence-corrected chi connectivity index (χ3v) is 4.41. The van der Waals surface area contributed by atoms with E-state index >= 15 is 0 Å². The summed E-state index contributed by atoms with van der Waals surface area (Å²) in [4.78, 5) is 28.5. The van der Waals surface area contributed by atoms with Crippen molar-refractivity contribution in [3.8, 4) is 0 Å². The monoisotopic (exact) mass is 341 g/mol. The summed E-state index contributed by atoms with van der Waals surface area (Å²) in [6.07, 6.45) is 0.648. The third-order valence-electron chi connectivity index (χ3n) is 4.41. The highest BCUT2D eigenvalue weighted by molar-refractivity contribution is 5.98. The number of hydrogen-bond donors (Lipinski definition) is 3. The molecule has 0 bridgehead atoms. The number of hydrogen-bond acceptors (Lipinski definition) is 3. The fourth-order valence-electron chi connectivity index (χ4n) is 3.29. The zero-order valence-electron chi connectivity index (χ0n) is 14.7. The third kappa shape index (κ3) is 3.35. The number of carbonyl (C=O) groups excluding carboxylic acids is 2. The Morgan fingerprint density at radius 1 is 1.36 bits per heavy atom. The van der Waals surface area contributed by atoms with E-state index in [-0.39, 0.29) is 18.0 Å². The average molecular weight is 341 g/mol. The Kier molecular flexibility index (Phi) is 4.74. The number of fused-ring (bicyclic) bond motifs is 1. The lowest BCUT2D eigenvalue weighted by Crippen LogP contribution is -2.50. The molecular formula is C18H23N5O2. The van der Waals surface area contributed by atoms with Crippen molar-refractivity contribution in [2.75, 3.05) is 6.54 Å². The van der Waals surface area contributed by atoms with Crippen LogP contribution in [0.1, 0.15) is 26.6 Å². The Bertz CT molecular complexity index is 852. The molecule has 3 N–H and O–H groups in total. The van der Waals surface area contributed by atoms with E-state index in [1.807, 2.05) is 18.2 Å². The maximum Gasteiger partial charge on any atom is 0.319 e. The second kappa shape index (κ2) is 6.96. The number of amides is 3. The number of nitrogens with one attached hydrogen (secondary N) is 3. The van der Waals surface area contributed by atoms with E-state index in [2.05, 4.69) is 38.5 Å². The molecule has 3 amide bonds. The molecule has 132 valence electrons. The first kappa shape index (κ1) is 17.0. The van der Waals surface area contributed by atoms with E-state index in [1.165, 1.54) is 0 Å². The number of nitrogens with zero attached hydrogens (tertiary/aromatic N) is 2. The van der Waals surface area contributed by atoms with Gasteiger partial charge in [-0.2, -0.15) is 0 Å². The van der Waals surface area contributed by atoms with Crippen molar-refractivity contribution < 1.29 is 9.59 Å². The quantitative estimate of drug-likeness (QED) is 0.773. The molecule has 1 aliphatic rings. The molecule has 0 unspecified atom stereocenters. The largest absolute Gasteiger partial charge is 0.352 e. The van der Waals surface area contributed by atoms with Crippen LogP contribution in [0.2, 0.25) is 0 Å². The fraction of sp³-hybridized carbons (Fsp3) is 0.389. The molecule has 1 aromatic carbocycles. The van der Waals surface area contributed by atoms with Crippen LogP contribution in [0, 0.1) is 0 Å². The maximum absolute atomic E-state index is 12.5.